The van der Waals surface area contributed by atoms with Crippen LogP contribution in [0.5, 0.6) is 17.2 Å². The average molecular weight is 517 g/mol. The second-order valence-electron chi connectivity index (χ2n) is 9.15. The monoisotopic (exact) mass is 516 g/mol. The Hall–Kier alpha value is -4.46. The summed E-state index contributed by atoms with van der Waals surface area (Å²) in [4.78, 5) is 30.2. The van der Waals surface area contributed by atoms with Gasteiger partial charge in [0, 0.05) is 31.0 Å². The molecule has 1 fully saturated rings. The number of anilines is 2. The fraction of sp³-hybridized carbons (Fsp3) is 0.267. The number of aromatic hydroxyl groups is 1. The van der Waals surface area contributed by atoms with Crippen LogP contribution in [0.4, 0.5) is 11.4 Å². The van der Waals surface area contributed by atoms with Gasteiger partial charge in [0.1, 0.15) is 11.5 Å². The lowest BCUT2D eigenvalue weighted by Gasteiger charge is -2.26. The fourth-order valence-electron chi connectivity index (χ4n) is 4.57. The molecule has 1 aliphatic heterocycles. The maximum atomic E-state index is 13.5. The highest BCUT2D eigenvalue weighted by Crippen LogP contribution is 2.44. The molecule has 1 aliphatic rings. The summed E-state index contributed by atoms with van der Waals surface area (Å²) in [5.74, 6) is -1.04. The van der Waals surface area contributed by atoms with Crippen LogP contribution < -0.4 is 19.3 Å². The third-order valence-corrected chi connectivity index (χ3v) is 6.44. The Morgan fingerprint density at radius 2 is 1.58 bits per heavy atom. The molecule has 0 saturated carbocycles. The van der Waals surface area contributed by atoms with E-state index >= 15 is 0 Å². The van der Waals surface area contributed by atoms with E-state index in [0.29, 0.717) is 35.8 Å². The van der Waals surface area contributed by atoms with Gasteiger partial charge in [-0.15, -0.1) is 0 Å². The van der Waals surface area contributed by atoms with Crippen LogP contribution in [0.1, 0.15) is 36.6 Å². The average Bonchev–Trinajstić information content (AvgIpc) is 3.16. The maximum absolute atomic E-state index is 13.5. The van der Waals surface area contributed by atoms with E-state index in [1.54, 1.807) is 49.4 Å². The van der Waals surface area contributed by atoms with E-state index in [4.69, 9.17) is 9.47 Å². The third kappa shape index (κ3) is 4.89. The van der Waals surface area contributed by atoms with Crippen LogP contribution in [0.25, 0.3) is 5.76 Å². The van der Waals surface area contributed by atoms with Crippen LogP contribution in [0, 0.1) is 6.92 Å². The van der Waals surface area contributed by atoms with Gasteiger partial charge < -0.3 is 24.6 Å². The molecule has 8 heteroatoms. The number of aliphatic hydroxyl groups is 1. The van der Waals surface area contributed by atoms with E-state index in [0.717, 1.165) is 11.3 Å². The number of nitrogens with zero attached hydrogens (tertiary/aromatic N) is 2. The van der Waals surface area contributed by atoms with Crippen LogP contribution in [-0.4, -0.2) is 49.2 Å². The molecule has 1 unspecified atom stereocenters. The molecule has 0 spiro atoms. The molecule has 3 aromatic carbocycles. The number of aryl methyl sites for hydroxylation is 1. The van der Waals surface area contributed by atoms with Gasteiger partial charge in [-0.1, -0.05) is 6.07 Å². The van der Waals surface area contributed by atoms with Gasteiger partial charge in [0.05, 0.1) is 24.8 Å². The van der Waals surface area contributed by atoms with E-state index in [-0.39, 0.29) is 22.8 Å². The zero-order valence-corrected chi connectivity index (χ0v) is 22.2. The number of ether oxygens (including phenoxy) is 2. The van der Waals surface area contributed by atoms with Gasteiger partial charge in [-0.05, 0) is 86.5 Å². The minimum atomic E-state index is -0.952. The Morgan fingerprint density at radius 1 is 0.921 bits per heavy atom. The van der Waals surface area contributed by atoms with Crippen molar-refractivity contribution in [2.24, 2.45) is 0 Å². The normalized spacial score (nSPS) is 16.6. The Kier molecular flexibility index (Phi) is 7.62. The summed E-state index contributed by atoms with van der Waals surface area (Å²) in [6, 6.07) is 16.0. The molecule has 1 saturated heterocycles. The van der Waals surface area contributed by atoms with Gasteiger partial charge in [0.25, 0.3) is 11.7 Å². The predicted octanol–water partition coefficient (Wildman–Crippen LogP) is 5.19. The summed E-state index contributed by atoms with van der Waals surface area (Å²) in [5, 5.41) is 21.7. The molecule has 0 radical (unpaired) electrons. The zero-order valence-electron chi connectivity index (χ0n) is 22.2. The first-order chi connectivity index (χ1) is 18.2. The second kappa shape index (κ2) is 10.9. The first kappa shape index (κ1) is 26.6. The SMILES string of the molecule is CCOc1ccc(/C(O)=C2/C(=O)C(=O)N(c3ccc(N(C)C)cc3)C2c2ccc(O)c(OCC)c2)cc1C. The highest BCUT2D eigenvalue weighted by Gasteiger charge is 2.47. The number of amides is 1. The number of rotatable bonds is 8. The molecule has 38 heavy (non-hydrogen) atoms. The zero-order chi connectivity index (χ0) is 27.6. The van der Waals surface area contributed by atoms with Crippen LogP contribution in [0.2, 0.25) is 0 Å². The summed E-state index contributed by atoms with van der Waals surface area (Å²) in [6.07, 6.45) is 0. The highest BCUT2D eigenvalue weighted by atomic mass is 16.5. The van der Waals surface area contributed by atoms with Gasteiger partial charge in [-0.25, -0.2) is 0 Å². The smallest absolute Gasteiger partial charge is 0.300 e. The Balaban J connectivity index is 1.92. The number of carbonyl (C=O) groups is 2. The maximum Gasteiger partial charge on any atom is 0.300 e. The van der Waals surface area contributed by atoms with E-state index in [9.17, 15) is 19.8 Å². The molecular weight excluding hydrogens is 484 g/mol. The number of aliphatic hydroxyl groups excluding tert-OH is 1. The number of phenols is 1. The van der Waals surface area contributed by atoms with Crippen molar-refractivity contribution in [2.75, 3.05) is 37.1 Å². The van der Waals surface area contributed by atoms with Crippen molar-refractivity contribution in [2.45, 2.75) is 26.8 Å². The van der Waals surface area contributed by atoms with Crippen LogP contribution >= 0.6 is 0 Å². The van der Waals surface area contributed by atoms with Crippen molar-refractivity contribution in [1.82, 2.24) is 0 Å². The molecular formula is C30H32N2O6. The number of hydrogen-bond acceptors (Lipinski definition) is 7. The summed E-state index contributed by atoms with van der Waals surface area (Å²) < 4.78 is 11.2. The molecule has 0 bridgehead atoms. The number of hydrogen-bond donors (Lipinski definition) is 2. The van der Waals surface area contributed by atoms with Crippen molar-refractivity contribution in [3.05, 3.63) is 82.9 Å². The number of Topliss-reactive ketones (excluding diaryl/α,β-unsaturated/α-hetero) is 1. The Labute approximate surface area is 222 Å². The van der Waals surface area contributed by atoms with Gasteiger partial charge in [0.15, 0.2) is 11.5 Å². The minimum absolute atomic E-state index is 0.0524. The molecule has 1 amide bonds. The van der Waals surface area contributed by atoms with Crippen LogP contribution in [0.3, 0.4) is 0 Å². The quantitative estimate of drug-likeness (QED) is 0.241. The lowest BCUT2D eigenvalue weighted by molar-refractivity contribution is -0.132. The van der Waals surface area contributed by atoms with Gasteiger partial charge in [0.2, 0.25) is 0 Å². The lowest BCUT2D eigenvalue weighted by atomic mass is 9.94. The fourth-order valence-corrected chi connectivity index (χ4v) is 4.57. The summed E-state index contributed by atoms with van der Waals surface area (Å²) >= 11 is 0. The summed E-state index contributed by atoms with van der Waals surface area (Å²) in [7, 11) is 3.82. The van der Waals surface area contributed by atoms with Gasteiger partial charge >= 0.3 is 0 Å². The molecule has 8 nitrogen and oxygen atoms in total. The predicted molar refractivity (Wildman–Crippen MR) is 147 cm³/mol. The van der Waals surface area contributed by atoms with E-state index in [1.807, 2.05) is 45.0 Å². The molecule has 0 aliphatic carbocycles. The molecule has 2 N–H and O–H groups in total. The topological polar surface area (TPSA) is 99.5 Å². The molecule has 3 aromatic rings. The lowest BCUT2D eigenvalue weighted by Crippen LogP contribution is -2.29. The minimum Gasteiger partial charge on any atom is -0.507 e. The van der Waals surface area contributed by atoms with Crippen LogP contribution in [0.15, 0.2) is 66.2 Å². The Bertz CT molecular complexity index is 1390. The largest absolute Gasteiger partial charge is 0.507 e. The first-order valence-electron chi connectivity index (χ1n) is 12.5. The van der Waals surface area contributed by atoms with Crippen molar-refractivity contribution >= 4 is 28.8 Å². The molecule has 0 aromatic heterocycles. The van der Waals surface area contributed by atoms with Crippen molar-refractivity contribution in [3.63, 3.8) is 0 Å². The highest BCUT2D eigenvalue weighted by molar-refractivity contribution is 6.51. The molecule has 1 atom stereocenters. The number of carbonyl (C=O) groups excluding carboxylic acids is 2. The standard InChI is InChI=1S/C30H32N2O6/c1-6-37-24-15-9-20(16-18(24)3)28(34)26-27(19-8-14-23(33)25(17-19)38-7-2)32(30(36)29(26)35)22-12-10-21(11-13-22)31(4)5/h8-17,27,33-34H,6-7H2,1-5H3/b28-26-. The summed E-state index contributed by atoms with van der Waals surface area (Å²) in [6.45, 7) is 6.33. The number of phenolic OH excluding ortho intramolecular Hbond substituents is 1. The third-order valence-electron chi connectivity index (χ3n) is 6.44. The summed E-state index contributed by atoms with van der Waals surface area (Å²) in [5.41, 5.74) is 3.05. The second-order valence-corrected chi connectivity index (χ2v) is 9.15. The van der Waals surface area contributed by atoms with E-state index in [2.05, 4.69) is 0 Å². The molecule has 1 heterocycles. The van der Waals surface area contributed by atoms with Gasteiger partial charge in [-0.3, -0.25) is 14.5 Å². The Morgan fingerprint density at radius 3 is 2.18 bits per heavy atom. The van der Waals surface area contributed by atoms with Gasteiger partial charge in [-0.2, -0.15) is 0 Å². The van der Waals surface area contributed by atoms with Crippen molar-refractivity contribution in [1.29, 1.82) is 0 Å². The molecule has 198 valence electrons. The number of ketones is 1. The van der Waals surface area contributed by atoms with E-state index < -0.39 is 17.7 Å². The van der Waals surface area contributed by atoms with Crippen molar-refractivity contribution < 1.29 is 29.3 Å². The molecule has 4 rings (SSSR count). The van der Waals surface area contributed by atoms with Crippen molar-refractivity contribution in [3.8, 4) is 17.2 Å². The van der Waals surface area contributed by atoms with Crippen LogP contribution in [-0.2, 0) is 9.59 Å². The van der Waals surface area contributed by atoms with E-state index in [1.165, 1.54) is 11.0 Å². The first-order valence-corrected chi connectivity index (χ1v) is 12.5. The number of benzene rings is 3.